The Morgan fingerprint density at radius 1 is 1.10 bits per heavy atom. The number of piperidine rings is 1. The van der Waals surface area contributed by atoms with Gasteiger partial charge in [0.2, 0.25) is 0 Å². The third-order valence-corrected chi connectivity index (χ3v) is 6.07. The quantitative estimate of drug-likeness (QED) is 0.475. The molecule has 0 aliphatic carbocycles. The van der Waals surface area contributed by atoms with E-state index in [1.807, 2.05) is 11.5 Å². The summed E-state index contributed by atoms with van der Waals surface area (Å²) in [5, 5.41) is 7.24. The van der Waals surface area contributed by atoms with Crippen molar-refractivity contribution in [3.8, 4) is 0 Å². The molecule has 1 N–H and O–H groups in total. The molecule has 1 amide bonds. The number of hydrogen-bond acceptors (Lipinski definition) is 4. The van der Waals surface area contributed by atoms with E-state index in [9.17, 15) is 14.0 Å². The summed E-state index contributed by atoms with van der Waals surface area (Å²) in [6.07, 6.45) is 1.55. The summed E-state index contributed by atoms with van der Waals surface area (Å²) in [5.41, 5.74) is 1.04. The second kappa shape index (κ2) is 8.93. The van der Waals surface area contributed by atoms with E-state index >= 15 is 0 Å². The molecule has 160 valence electrons. The van der Waals surface area contributed by atoms with Gasteiger partial charge < -0.3 is 9.47 Å². The smallest absolute Gasteiger partial charge is 0.254 e. The van der Waals surface area contributed by atoms with Crippen molar-refractivity contribution in [2.24, 2.45) is 0 Å². The minimum absolute atomic E-state index is 0.168. The van der Waals surface area contributed by atoms with E-state index in [0.717, 1.165) is 25.2 Å². The summed E-state index contributed by atoms with van der Waals surface area (Å²) in [6.45, 7) is 3.93. The number of carbonyl (C=O) groups excluding carboxylic acids is 2. The first-order valence-corrected chi connectivity index (χ1v) is 10.7. The number of aromatic amines is 1. The number of nitrogens with one attached hydrogen (secondary N) is 1. The normalized spacial score (nSPS) is 14.6. The number of ketones is 1. The third kappa shape index (κ3) is 4.20. The summed E-state index contributed by atoms with van der Waals surface area (Å²) in [7, 11) is 0. The minimum atomic E-state index is -0.409. The van der Waals surface area contributed by atoms with Crippen LogP contribution in [0.3, 0.4) is 0 Å². The Morgan fingerprint density at radius 2 is 1.74 bits per heavy atom. The maximum Gasteiger partial charge on any atom is 0.254 e. The van der Waals surface area contributed by atoms with Crippen molar-refractivity contribution in [2.45, 2.75) is 32.2 Å². The van der Waals surface area contributed by atoms with Crippen LogP contribution in [0.2, 0.25) is 0 Å². The van der Waals surface area contributed by atoms with Gasteiger partial charge in [0.15, 0.2) is 10.6 Å². The van der Waals surface area contributed by atoms with Gasteiger partial charge in [0.25, 0.3) is 5.91 Å². The predicted molar refractivity (Wildman–Crippen MR) is 117 cm³/mol. The lowest BCUT2D eigenvalue weighted by atomic mass is 9.93. The van der Waals surface area contributed by atoms with Crippen LogP contribution in [-0.4, -0.2) is 44.4 Å². The standard InChI is InChI=1S/C23H23FN4O2S/c1-2-28-21(25-26-23(28)31)16-11-13-27(14-12-16)22(30)19-6-4-3-5-18(19)20(29)15-7-9-17(24)10-8-15/h3-10,16H,2,11-14H2,1H3,(H,26,31). The number of halogens is 1. The highest BCUT2D eigenvalue weighted by Crippen LogP contribution is 2.28. The van der Waals surface area contributed by atoms with Gasteiger partial charge >= 0.3 is 0 Å². The lowest BCUT2D eigenvalue weighted by Crippen LogP contribution is -2.39. The second-order valence-electron chi connectivity index (χ2n) is 7.58. The maximum absolute atomic E-state index is 13.3. The van der Waals surface area contributed by atoms with Gasteiger partial charge in [0.1, 0.15) is 11.6 Å². The molecule has 4 rings (SSSR count). The van der Waals surface area contributed by atoms with Crippen LogP contribution < -0.4 is 0 Å². The fraction of sp³-hybridized carbons (Fsp3) is 0.304. The highest BCUT2D eigenvalue weighted by Gasteiger charge is 2.29. The summed E-state index contributed by atoms with van der Waals surface area (Å²) in [5.74, 6) is 0.295. The van der Waals surface area contributed by atoms with Crippen molar-refractivity contribution in [3.63, 3.8) is 0 Å². The summed E-state index contributed by atoms with van der Waals surface area (Å²) >= 11 is 5.28. The number of benzene rings is 2. The fourth-order valence-electron chi connectivity index (χ4n) is 4.08. The van der Waals surface area contributed by atoms with Crippen LogP contribution in [0, 0.1) is 10.6 Å². The number of likely N-dealkylation sites (tertiary alicyclic amines) is 1. The van der Waals surface area contributed by atoms with Gasteiger partial charge in [0.05, 0.1) is 5.56 Å². The molecule has 1 aromatic heterocycles. The van der Waals surface area contributed by atoms with Crippen LogP contribution in [0.15, 0.2) is 48.5 Å². The van der Waals surface area contributed by atoms with E-state index in [4.69, 9.17) is 12.2 Å². The Kier molecular flexibility index (Phi) is 6.08. The van der Waals surface area contributed by atoms with Gasteiger partial charge in [-0.2, -0.15) is 5.10 Å². The molecule has 0 radical (unpaired) electrons. The van der Waals surface area contributed by atoms with Crippen molar-refractivity contribution in [1.29, 1.82) is 0 Å². The van der Waals surface area contributed by atoms with E-state index in [0.29, 0.717) is 34.6 Å². The van der Waals surface area contributed by atoms with Crippen LogP contribution in [0.25, 0.3) is 0 Å². The van der Waals surface area contributed by atoms with Gasteiger partial charge in [-0.15, -0.1) is 0 Å². The topological polar surface area (TPSA) is 71.0 Å². The van der Waals surface area contributed by atoms with Gasteiger partial charge in [0, 0.05) is 36.7 Å². The zero-order chi connectivity index (χ0) is 22.0. The first kappa shape index (κ1) is 21.1. The molecule has 0 atom stereocenters. The summed E-state index contributed by atoms with van der Waals surface area (Å²) in [4.78, 5) is 28.0. The van der Waals surface area contributed by atoms with Crippen LogP contribution >= 0.6 is 12.2 Å². The molecule has 1 saturated heterocycles. The van der Waals surface area contributed by atoms with Crippen molar-refractivity contribution in [2.75, 3.05) is 13.1 Å². The SMILES string of the molecule is CCn1c(C2CCN(C(=O)c3ccccc3C(=O)c3ccc(F)cc3)CC2)n[nH]c1=S. The van der Waals surface area contributed by atoms with E-state index in [2.05, 4.69) is 10.2 Å². The number of nitrogens with zero attached hydrogens (tertiary/aromatic N) is 3. The molecule has 1 aliphatic heterocycles. The third-order valence-electron chi connectivity index (χ3n) is 5.76. The van der Waals surface area contributed by atoms with E-state index < -0.39 is 5.82 Å². The van der Waals surface area contributed by atoms with Crippen LogP contribution in [0.1, 0.15) is 57.8 Å². The molecule has 1 fully saturated rings. The number of amides is 1. The van der Waals surface area contributed by atoms with Crippen LogP contribution in [-0.2, 0) is 6.54 Å². The molecule has 0 spiro atoms. The summed E-state index contributed by atoms with van der Waals surface area (Å²) < 4.78 is 15.8. The van der Waals surface area contributed by atoms with E-state index in [1.165, 1.54) is 24.3 Å². The first-order valence-electron chi connectivity index (χ1n) is 10.3. The Bertz CT molecular complexity index is 1160. The van der Waals surface area contributed by atoms with Gasteiger partial charge in [-0.3, -0.25) is 14.7 Å². The average Bonchev–Trinajstić information content (AvgIpc) is 3.19. The Labute approximate surface area is 184 Å². The average molecular weight is 439 g/mol. The Hall–Kier alpha value is -3.13. The predicted octanol–water partition coefficient (Wildman–Crippen LogP) is 4.35. The molecule has 8 heteroatoms. The van der Waals surface area contributed by atoms with Crippen molar-refractivity contribution in [3.05, 3.63) is 81.6 Å². The van der Waals surface area contributed by atoms with Crippen LogP contribution in [0.5, 0.6) is 0 Å². The number of carbonyl (C=O) groups is 2. The zero-order valence-electron chi connectivity index (χ0n) is 17.2. The first-order chi connectivity index (χ1) is 15.0. The fourth-order valence-corrected chi connectivity index (χ4v) is 4.35. The van der Waals surface area contributed by atoms with Gasteiger partial charge in [-0.05, 0) is 62.3 Å². The number of rotatable bonds is 5. The molecule has 6 nitrogen and oxygen atoms in total. The number of hydrogen-bond donors (Lipinski definition) is 1. The van der Waals surface area contributed by atoms with Crippen molar-refractivity contribution in [1.82, 2.24) is 19.7 Å². The Balaban J connectivity index is 1.51. The monoisotopic (exact) mass is 438 g/mol. The highest BCUT2D eigenvalue weighted by molar-refractivity contribution is 7.71. The van der Waals surface area contributed by atoms with Crippen molar-refractivity contribution >= 4 is 23.9 Å². The van der Waals surface area contributed by atoms with E-state index in [1.54, 1.807) is 29.2 Å². The summed E-state index contributed by atoms with van der Waals surface area (Å²) in [6, 6.07) is 12.2. The molecular formula is C23H23FN4O2S. The molecule has 0 unspecified atom stereocenters. The number of H-pyrrole nitrogens is 1. The number of aromatic nitrogens is 3. The lowest BCUT2D eigenvalue weighted by molar-refractivity contribution is 0.0706. The molecule has 3 aromatic rings. The molecule has 0 saturated carbocycles. The van der Waals surface area contributed by atoms with Gasteiger partial charge in [-0.25, -0.2) is 4.39 Å². The van der Waals surface area contributed by atoms with Crippen molar-refractivity contribution < 1.29 is 14.0 Å². The van der Waals surface area contributed by atoms with E-state index in [-0.39, 0.29) is 17.6 Å². The second-order valence-corrected chi connectivity index (χ2v) is 7.97. The maximum atomic E-state index is 13.3. The molecule has 1 aliphatic rings. The lowest BCUT2D eigenvalue weighted by Gasteiger charge is -2.32. The molecule has 31 heavy (non-hydrogen) atoms. The molecular weight excluding hydrogens is 415 g/mol. The molecule has 2 heterocycles. The van der Waals surface area contributed by atoms with Gasteiger partial charge in [-0.1, -0.05) is 18.2 Å². The Morgan fingerprint density at radius 3 is 2.39 bits per heavy atom. The molecule has 0 bridgehead atoms. The van der Waals surface area contributed by atoms with Crippen LogP contribution in [0.4, 0.5) is 4.39 Å². The molecule has 2 aromatic carbocycles. The minimum Gasteiger partial charge on any atom is -0.339 e. The highest BCUT2D eigenvalue weighted by atomic mass is 32.1. The largest absolute Gasteiger partial charge is 0.339 e. The zero-order valence-corrected chi connectivity index (χ0v) is 18.0.